The molecule has 0 N–H and O–H groups in total. The fourth-order valence-corrected chi connectivity index (χ4v) is 3.10. The molecule has 0 bridgehead atoms. The van der Waals surface area contributed by atoms with Gasteiger partial charge in [-0.1, -0.05) is 64.4 Å². The maximum Gasteiger partial charge on any atom is 0.235 e. The highest BCUT2D eigenvalue weighted by molar-refractivity contribution is 5.95. The topological polar surface area (TPSA) is 30.0 Å². The normalized spacial score (nSPS) is 11.6. The number of carbonyl (C=O) groups is 1. The highest BCUT2D eigenvalue weighted by Gasteiger charge is 2.21. The summed E-state index contributed by atoms with van der Waals surface area (Å²) in [5, 5.41) is 0. The van der Waals surface area contributed by atoms with Crippen molar-refractivity contribution in [1.82, 2.24) is 4.98 Å². The maximum atomic E-state index is 12.3. The molecule has 0 aliphatic heterocycles. The summed E-state index contributed by atoms with van der Waals surface area (Å²) >= 11 is 0. The minimum Gasteiger partial charge on any atom is -0.322 e. The number of pyridine rings is 1. The summed E-state index contributed by atoms with van der Waals surface area (Å²) in [5.41, 5.74) is 0.590. The van der Waals surface area contributed by atoms with Gasteiger partial charge in [-0.15, -0.1) is 0 Å². The minimum atomic E-state index is 0.146. The minimum absolute atomic E-state index is 0.146. The standard InChI is InChI=1S/C21H37N2O/c1-4-5-6-7-8-9-10-11-12-15-18-23(2,3)19-21(24)20-16-13-14-17-22-20/h13-14,16-17H,4-12,15,18-19H2,1-3H3/q+1. The third-order valence-electron chi connectivity index (χ3n) is 4.64. The van der Waals surface area contributed by atoms with Gasteiger partial charge in [-0.3, -0.25) is 9.78 Å². The summed E-state index contributed by atoms with van der Waals surface area (Å²) in [6.07, 6.45) is 15.2. The molecule has 0 aromatic carbocycles. The molecule has 1 aromatic rings. The predicted octanol–water partition coefficient (Wildman–Crippen LogP) is 5.26. The summed E-state index contributed by atoms with van der Waals surface area (Å²) in [6, 6.07) is 5.53. The van der Waals surface area contributed by atoms with E-state index in [-0.39, 0.29) is 5.78 Å². The van der Waals surface area contributed by atoms with E-state index in [1.54, 1.807) is 6.20 Å². The molecule has 0 aliphatic carbocycles. The third kappa shape index (κ3) is 9.82. The van der Waals surface area contributed by atoms with Gasteiger partial charge in [0.15, 0.2) is 0 Å². The summed E-state index contributed by atoms with van der Waals surface area (Å²) in [4.78, 5) is 16.4. The molecule has 0 spiro atoms. The zero-order chi connectivity index (χ0) is 17.7. The van der Waals surface area contributed by atoms with Crippen LogP contribution in [0, 0.1) is 0 Å². The molecule has 0 saturated carbocycles. The van der Waals surface area contributed by atoms with E-state index < -0.39 is 0 Å². The van der Waals surface area contributed by atoms with E-state index in [1.165, 1.54) is 64.2 Å². The van der Waals surface area contributed by atoms with Crippen molar-refractivity contribution in [2.45, 2.75) is 71.1 Å². The van der Waals surface area contributed by atoms with Crippen LogP contribution in [0.15, 0.2) is 24.4 Å². The Morgan fingerprint density at radius 3 is 2.04 bits per heavy atom. The Hall–Kier alpha value is -1.22. The first-order valence-corrected chi connectivity index (χ1v) is 9.81. The van der Waals surface area contributed by atoms with Crippen LogP contribution in [0.4, 0.5) is 0 Å². The van der Waals surface area contributed by atoms with Crippen molar-refractivity contribution in [3.8, 4) is 0 Å². The highest BCUT2D eigenvalue weighted by atomic mass is 16.1. The van der Waals surface area contributed by atoms with Crippen LogP contribution in [0.5, 0.6) is 0 Å². The fourth-order valence-electron chi connectivity index (χ4n) is 3.10. The summed E-state index contributed by atoms with van der Waals surface area (Å²) < 4.78 is 0.756. The number of unbranched alkanes of at least 4 members (excludes halogenated alkanes) is 9. The first-order valence-electron chi connectivity index (χ1n) is 9.81. The van der Waals surface area contributed by atoms with Gasteiger partial charge >= 0.3 is 0 Å². The first kappa shape index (κ1) is 20.8. The molecular formula is C21H37N2O+. The van der Waals surface area contributed by atoms with E-state index in [1.807, 2.05) is 18.2 Å². The van der Waals surface area contributed by atoms with Crippen molar-refractivity contribution in [1.29, 1.82) is 0 Å². The van der Waals surface area contributed by atoms with Crippen molar-refractivity contribution in [3.05, 3.63) is 30.1 Å². The lowest BCUT2D eigenvalue weighted by Crippen LogP contribution is -2.44. The first-order chi connectivity index (χ1) is 11.5. The van der Waals surface area contributed by atoms with Gasteiger partial charge in [-0.2, -0.15) is 0 Å². The van der Waals surface area contributed by atoms with Crippen LogP contribution in [0.2, 0.25) is 0 Å². The molecule has 0 atom stereocenters. The average molecular weight is 334 g/mol. The smallest absolute Gasteiger partial charge is 0.235 e. The Labute approximate surface area is 149 Å². The van der Waals surface area contributed by atoms with Crippen molar-refractivity contribution in [2.24, 2.45) is 0 Å². The Morgan fingerprint density at radius 1 is 0.917 bits per heavy atom. The molecule has 1 aromatic heterocycles. The van der Waals surface area contributed by atoms with Gasteiger partial charge in [0.2, 0.25) is 5.78 Å². The predicted molar refractivity (Wildman–Crippen MR) is 102 cm³/mol. The highest BCUT2D eigenvalue weighted by Crippen LogP contribution is 2.12. The van der Waals surface area contributed by atoms with Crippen molar-refractivity contribution in [2.75, 3.05) is 27.2 Å². The third-order valence-corrected chi connectivity index (χ3v) is 4.64. The fraction of sp³-hybridized carbons (Fsp3) is 0.714. The van der Waals surface area contributed by atoms with Gasteiger partial charge in [-0.05, 0) is 25.0 Å². The molecule has 3 nitrogen and oxygen atoms in total. The Bertz CT molecular complexity index is 442. The number of likely N-dealkylation sites (N-methyl/N-ethyl adjacent to an activating group) is 1. The maximum absolute atomic E-state index is 12.3. The van der Waals surface area contributed by atoms with E-state index in [4.69, 9.17) is 0 Å². The summed E-state index contributed by atoms with van der Waals surface area (Å²) in [6.45, 7) is 3.87. The molecule has 0 unspecified atom stereocenters. The number of nitrogens with zero attached hydrogens (tertiary/aromatic N) is 2. The average Bonchev–Trinajstić information content (AvgIpc) is 2.57. The number of ketones is 1. The molecule has 1 rings (SSSR count). The lowest BCUT2D eigenvalue weighted by molar-refractivity contribution is -0.882. The van der Waals surface area contributed by atoms with Crippen LogP contribution in [-0.4, -0.2) is 42.4 Å². The molecule has 0 amide bonds. The molecule has 0 fully saturated rings. The van der Waals surface area contributed by atoms with Crippen LogP contribution in [0.25, 0.3) is 0 Å². The molecule has 1 heterocycles. The van der Waals surface area contributed by atoms with Gasteiger partial charge in [0, 0.05) is 6.20 Å². The van der Waals surface area contributed by atoms with Crippen molar-refractivity contribution >= 4 is 5.78 Å². The Balaban J connectivity index is 2.07. The number of hydrogen-bond acceptors (Lipinski definition) is 2. The molecule has 0 saturated heterocycles. The summed E-state index contributed by atoms with van der Waals surface area (Å²) in [5.74, 6) is 0.146. The van der Waals surface area contributed by atoms with Gasteiger partial charge in [0.1, 0.15) is 12.2 Å². The molecule has 0 radical (unpaired) electrons. The zero-order valence-electron chi connectivity index (χ0n) is 16.1. The second-order valence-corrected chi connectivity index (χ2v) is 7.64. The van der Waals surface area contributed by atoms with Crippen LogP contribution < -0.4 is 0 Å². The zero-order valence-corrected chi connectivity index (χ0v) is 16.1. The van der Waals surface area contributed by atoms with Gasteiger partial charge < -0.3 is 4.48 Å². The molecule has 24 heavy (non-hydrogen) atoms. The number of aromatic nitrogens is 1. The number of carbonyl (C=O) groups excluding carboxylic acids is 1. The molecule has 3 heteroatoms. The monoisotopic (exact) mass is 333 g/mol. The SMILES string of the molecule is CCCCCCCCCCCC[N+](C)(C)CC(=O)c1ccccn1. The van der Waals surface area contributed by atoms with Crippen LogP contribution in [0.3, 0.4) is 0 Å². The van der Waals surface area contributed by atoms with Crippen LogP contribution >= 0.6 is 0 Å². The van der Waals surface area contributed by atoms with E-state index in [0.717, 1.165) is 11.0 Å². The van der Waals surface area contributed by atoms with Crippen molar-refractivity contribution < 1.29 is 9.28 Å². The van der Waals surface area contributed by atoms with Gasteiger partial charge in [-0.25, -0.2) is 0 Å². The second kappa shape index (κ2) is 12.2. The molecule has 136 valence electrons. The Morgan fingerprint density at radius 2 is 1.50 bits per heavy atom. The molecule has 0 aliphatic rings. The van der Waals surface area contributed by atoms with Gasteiger partial charge in [0.05, 0.1) is 20.6 Å². The number of rotatable bonds is 14. The lowest BCUT2D eigenvalue weighted by atomic mass is 10.1. The van der Waals surface area contributed by atoms with E-state index >= 15 is 0 Å². The quantitative estimate of drug-likeness (QED) is 0.264. The van der Waals surface area contributed by atoms with E-state index in [0.29, 0.717) is 12.2 Å². The number of quaternary nitrogens is 1. The van der Waals surface area contributed by atoms with E-state index in [9.17, 15) is 4.79 Å². The van der Waals surface area contributed by atoms with Crippen molar-refractivity contribution in [3.63, 3.8) is 0 Å². The number of Topliss-reactive ketones (excluding diaryl/α,β-unsaturated/α-hetero) is 1. The van der Waals surface area contributed by atoms with Crippen LogP contribution in [0.1, 0.15) is 81.6 Å². The number of hydrogen-bond donors (Lipinski definition) is 0. The van der Waals surface area contributed by atoms with Crippen LogP contribution in [-0.2, 0) is 0 Å². The largest absolute Gasteiger partial charge is 0.322 e. The lowest BCUT2D eigenvalue weighted by Gasteiger charge is -2.28. The summed E-state index contributed by atoms with van der Waals surface area (Å²) in [7, 11) is 4.29. The Kier molecular flexibility index (Phi) is 10.6. The van der Waals surface area contributed by atoms with Gasteiger partial charge in [0.25, 0.3) is 0 Å². The molecular weight excluding hydrogens is 296 g/mol. The van der Waals surface area contributed by atoms with E-state index in [2.05, 4.69) is 26.0 Å². The second-order valence-electron chi connectivity index (χ2n) is 7.64.